The van der Waals surface area contributed by atoms with Gasteiger partial charge in [0.15, 0.2) is 0 Å². The van der Waals surface area contributed by atoms with E-state index in [0.717, 1.165) is 200 Å². The van der Waals surface area contributed by atoms with E-state index in [1.807, 2.05) is 36.8 Å². The number of para-hydroxylation sites is 6. The minimum absolute atomic E-state index is 0.0879. The molecule has 0 N–H and O–H groups in total. The van der Waals surface area contributed by atoms with Crippen LogP contribution in [0.1, 0.15) is 79.0 Å². The zero-order valence-corrected chi connectivity index (χ0v) is 63.7. The van der Waals surface area contributed by atoms with Gasteiger partial charge in [-0.25, -0.2) is 0 Å². The molecule has 0 atom stereocenters. The number of nitrogens with zero attached hydrogens (tertiary/aromatic N) is 3. The number of aromatic nitrogens is 3. The average Bonchev–Trinajstić information content (AvgIpc) is 1.74. The van der Waals surface area contributed by atoms with Crippen molar-refractivity contribution in [2.75, 3.05) is 0 Å². The lowest BCUT2D eigenvalue weighted by molar-refractivity contribution is 0.589. The molecular formula is C105H81N3O3. The van der Waals surface area contributed by atoms with Crippen LogP contribution in [0.2, 0.25) is 0 Å². The molecule has 0 aliphatic rings. The van der Waals surface area contributed by atoms with E-state index in [4.69, 9.17) is 28.2 Å². The Kier molecular flexibility index (Phi) is 16.5. The second-order valence-electron chi connectivity index (χ2n) is 32.6. The number of fused-ring (bicyclic) bond motifs is 9. The van der Waals surface area contributed by atoms with Gasteiger partial charge in [-0.3, -0.25) is 15.0 Å². The zero-order valence-electron chi connectivity index (χ0n) is 63.7. The molecule has 0 spiro atoms. The predicted molar refractivity (Wildman–Crippen MR) is 463 cm³/mol. The Labute approximate surface area is 647 Å². The first kappa shape index (κ1) is 68.3. The van der Waals surface area contributed by atoms with Gasteiger partial charge in [-0.2, -0.15) is 0 Å². The third-order valence-corrected chi connectivity index (χ3v) is 22.4. The molecule has 19 rings (SSSR count). The lowest BCUT2D eigenvalue weighted by atomic mass is 9.82. The van der Waals surface area contributed by atoms with Crippen LogP contribution in [0.25, 0.3) is 200 Å². The van der Waals surface area contributed by atoms with Crippen LogP contribution in [-0.4, -0.2) is 15.0 Å². The molecule has 6 nitrogen and oxygen atoms in total. The third kappa shape index (κ3) is 12.3. The van der Waals surface area contributed by atoms with Gasteiger partial charge in [0.2, 0.25) is 0 Å². The molecule has 13 aromatic carbocycles. The summed E-state index contributed by atoms with van der Waals surface area (Å²) >= 11 is 0. The third-order valence-electron chi connectivity index (χ3n) is 22.4. The maximum atomic E-state index is 6.98. The minimum Gasteiger partial charge on any atom is -0.455 e. The van der Waals surface area contributed by atoms with Crippen LogP contribution in [-0.2, 0) is 16.2 Å². The van der Waals surface area contributed by atoms with Crippen LogP contribution in [0.4, 0.5) is 0 Å². The zero-order chi connectivity index (χ0) is 75.4. The van der Waals surface area contributed by atoms with Crippen molar-refractivity contribution in [1.29, 1.82) is 0 Å². The summed E-state index contributed by atoms with van der Waals surface area (Å²) in [4.78, 5) is 15.2. The normalized spacial score (nSPS) is 12.2. The van der Waals surface area contributed by atoms with E-state index in [1.54, 1.807) is 0 Å². The Morgan fingerprint density at radius 2 is 0.432 bits per heavy atom. The number of furan rings is 3. The van der Waals surface area contributed by atoms with Crippen LogP contribution < -0.4 is 0 Å². The van der Waals surface area contributed by atoms with Crippen molar-refractivity contribution in [3.63, 3.8) is 0 Å². The Hall–Kier alpha value is -13.3. The molecule has 6 heterocycles. The first-order valence-electron chi connectivity index (χ1n) is 38.4. The maximum Gasteiger partial charge on any atom is 0.143 e. The fourth-order valence-corrected chi connectivity index (χ4v) is 16.5. The van der Waals surface area contributed by atoms with E-state index in [0.29, 0.717) is 0 Å². The number of rotatable bonds is 12. The highest BCUT2D eigenvalue weighted by Gasteiger charge is 2.27. The topological polar surface area (TPSA) is 78.1 Å². The summed E-state index contributed by atoms with van der Waals surface area (Å²) in [5.74, 6) is 0. The van der Waals surface area contributed by atoms with Gasteiger partial charge in [0.05, 0.1) is 17.1 Å². The first-order valence-corrected chi connectivity index (χ1v) is 38.4. The van der Waals surface area contributed by atoms with Gasteiger partial charge >= 0.3 is 0 Å². The molecule has 111 heavy (non-hydrogen) atoms. The van der Waals surface area contributed by atoms with Crippen molar-refractivity contribution >= 4 is 65.8 Å². The summed E-state index contributed by atoms with van der Waals surface area (Å²) in [5.41, 5.74) is 33.0. The molecule has 534 valence electrons. The van der Waals surface area contributed by atoms with Crippen molar-refractivity contribution < 1.29 is 13.3 Å². The highest BCUT2D eigenvalue weighted by atomic mass is 16.3. The number of pyridine rings is 3. The largest absolute Gasteiger partial charge is 0.455 e. The molecular weight excluding hydrogens is 1350 g/mol. The van der Waals surface area contributed by atoms with Crippen molar-refractivity contribution in [3.8, 4) is 134 Å². The van der Waals surface area contributed by atoms with Gasteiger partial charge in [-0.05, 0) is 207 Å². The summed E-state index contributed by atoms with van der Waals surface area (Å²) in [6, 6.07) is 113. The van der Waals surface area contributed by atoms with E-state index in [-0.39, 0.29) is 16.2 Å². The van der Waals surface area contributed by atoms with Gasteiger partial charge in [-0.1, -0.05) is 281 Å². The van der Waals surface area contributed by atoms with Gasteiger partial charge < -0.3 is 13.3 Å². The van der Waals surface area contributed by atoms with Crippen LogP contribution in [0.3, 0.4) is 0 Å². The van der Waals surface area contributed by atoms with E-state index in [9.17, 15) is 0 Å². The highest BCUT2D eigenvalue weighted by Crippen LogP contribution is 2.51. The summed E-state index contributed by atoms with van der Waals surface area (Å²) in [5, 5.41) is 6.41. The molecule has 0 amide bonds. The standard InChI is InChI=1S/C105H81N3O3/c1-103(2,3)70-49-52-106-94(61-70)64-43-46-79(91(58-64)88-37-22-34-85-82-31-16-19-40-97(82)109-100(85)88)76-28-13-10-25-73(76)67-55-68(74-26-11-14-29-77(74)80-47-44-65(95-62-71(50-53-107-95)104(4,5)6)59-92(80)89-38-23-35-86-83-32-17-20-41-98(83)110-101(86)89)57-69(56-67)75-27-12-15-30-78(75)81-48-45-66(96-63-72(51-54-108-96)105(7,8)9)60-93(81)90-39-24-36-87-84-33-18-21-42-99(84)111-102(87)90/h10-63H,1-9H3. The molecule has 6 heteroatoms. The maximum absolute atomic E-state index is 6.98. The summed E-state index contributed by atoms with van der Waals surface area (Å²) in [6.45, 7) is 20.3. The molecule has 0 unspecified atom stereocenters. The van der Waals surface area contributed by atoms with Crippen LogP contribution in [0.5, 0.6) is 0 Å². The summed E-state index contributed by atoms with van der Waals surface area (Å²) in [6.07, 6.45) is 5.84. The van der Waals surface area contributed by atoms with E-state index < -0.39 is 0 Å². The Bertz CT molecular complexity index is 6250. The summed E-state index contributed by atoms with van der Waals surface area (Å²) < 4.78 is 20.9. The minimum atomic E-state index is -0.0879. The average molecular weight is 1430 g/mol. The lowest BCUT2D eigenvalue weighted by Crippen LogP contribution is -2.11. The molecule has 0 radical (unpaired) electrons. The second kappa shape index (κ2) is 26.8. The SMILES string of the molecule is CC(C)(C)c1ccnc(-c2ccc(-c3ccccc3-c3cc(-c4ccccc4-c4ccc(-c5cc(C(C)(C)C)ccn5)cc4-c4cccc5c4oc4ccccc45)cc(-c4ccccc4-c4ccc(-c5cc(C(C)(C)C)ccn5)cc4-c4cccc5c4oc4ccccc45)c3)c(-c3cccc4c3oc3ccccc34)c2)c1. The number of hydrogen-bond donors (Lipinski definition) is 0. The highest BCUT2D eigenvalue weighted by molar-refractivity contribution is 6.15. The molecule has 6 aromatic heterocycles. The molecule has 0 aliphatic heterocycles. The molecule has 0 saturated heterocycles. The fraction of sp³-hybridized carbons (Fsp3) is 0.114. The summed E-state index contributed by atoms with van der Waals surface area (Å²) in [7, 11) is 0. The van der Waals surface area contributed by atoms with Crippen molar-refractivity contribution in [2.24, 2.45) is 0 Å². The van der Waals surface area contributed by atoms with Gasteiger partial charge in [0.25, 0.3) is 0 Å². The Morgan fingerprint density at radius 1 is 0.189 bits per heavy atom. The van der Waals surface area contributed by atoms with Crippen molar-refractivity contribution in [3.05, 3.63) is 345 Å². The van der Waals surface area contributed by atoms with Crippen LogP contribution in [0, 0.1) is 0 Å². The fourth-order valence-electron chi connectivity index (χ4n) is 16.5. The lowest BCUT2D eigenvalue weighted by Gasteiger charge is -2.21. The van der Waals surface area contributed by atoms with Crippen LogP contribution in [0.15, 0.2) is 341 Å². The quantitative estimate of drug-likeness (QED) is 0.121. The van der Waals surface area contributed by atoms with Gasteiger partial charge in [0.1, 0.15) is 33.5 Å². The van der Waals surface area contributed by atoms with E-state index in [1.165, 1.54) is 16.7 Å². The molecule has 0 fully saturated rings. The second-order valence-corrected chi connectivity index (χ2v) is 32.6. The Morgan fingerprint density at radius 3 is 0.721 bits per heavy atom. The molecule has 0 bridgehead atoms. The number of benzene rings is 13. The molecule has 19 aromatic rings. The monoisotopic (exact) mass is 1430 g/mol. The van der Waals surface area contributed by atoms with Gasteiger partial charge in [0, 0.05) is 84.3 Å². The molecule has 0 saturated carbocycles. The van der Waals surface area contributed by atoms with Gasteiger partial charge in [-0.15, -0.1) is 0 Å². The number of hydrogen-bond acceptors (Lipinski definition) is 6. The van der Waals surface area contributed by atoms with Crippen molar-refractivity contribution in [2.45, 2.75) is 78.6 Å². The molecule has 0 aliphatic carbocycles. The van der Waals surface area contributed by atoms with Crippen molar-refractivity contribution in [1.82, 2.24) is 15.0 Å². The smallest absolute Gasteiger partial charge is 0.143 e. The Balaban J connectivity index is 0.866. The van der Waals surface area contributed by atoms with E-state index in [2.05, 4.69) is 353 Å². The first-order chi connectivity index (χ1) is 53.9. The van der Waals surface area contributed by atoms with Crippen LogP contribution >= 0.6 is 0 Å². The van der Waals surface area contributed by atoms with E-state index >= 15 is 0 Å². The predicted octanol–water partition coefficient (Wildman–Crippen LogP) is 29.5.